The van der Waals surface area contributed by atoms with Gasteiger partial charge >= 0.3 is 0 Å². The Bertz CT molecular complexity index is 646. The zero-order valence-electron chi connectivity index (χ0n) is 12.7. The molecule has 1 aliphatic rings. The fourth-order valence-corrected chi connectivity index (χ4v) is 2.76. The van der Waals surface area contributed by atoms with E-state index in [2.05, 4.69) is 29.0 Å². The quantitative estimate of drug-likeness (QED) is 0.622. The second kappa shape index (κ2) is 6.95. The molecule has 1 aliphatic heterocycles. The minimum atomic E-state index is 0.685. The van der Waals surface area contributed by atoms with E-state index in [1.165, 1.54) is 0 Å². The van der Waals surface area contributed by atoms with Crippen LogP contribution < -0.4 is 0 Å². The highest BCUT2D eigenvalue weighted by molar-refractivity contribution is 6.33. The number of para-hydroxylation sites is 1. The molecule has 2 aromatic rings. The molecular formula is C18H20ClN3. The Morgan fingerprint density at radius 2 is 1.55 bits per heavy atom. The van der Waals surface area contributed by atoms with Gasteiger partial charge in [-0.15, -0.1) is 0 Å². The van der Waals surface area contributed by atoms with Gasteiger partial charge in [0.15, 0.2) is 0 Å². The van der Waals surface area contributed by atoms with Gasteiger partial charge in [0.1, 0.15) is 5.84 Å². The number of nitrogens with zero attached hydrogens (tertiary/aromatic N) is 3. The predicted octanol–water partition coefficient (Wildman–Crippen LogP) is 3.67. The second-order valence-corrected chi connectivity index (χ2v) is 5.95. The topological polar surface area (TPSA) is 18.8 Å². The molecule has 3 nitrogen and oxygen atoms in total. The Balaban J connectivity index is 1.98. The highest BCUT2D eigenvalue weighted by Crippen LogP contribution is 2.25. The first-order chi connectivity index (χ1) is 10.7. The zero-order valence-corrected chi connectivity index (χ0v) is 13.5. The Morgan fingerprint density at radius 3 is 2.23 bits per heavy atom. The molecule has 0 saturated carbocycles. The summed E-state index contributed by atoms with van der Waals surface area (Å²) in [6.07, 6.45) is 0. The van der Waals surface area contributed by atoms with Crippen molar-refractivity contribution in [3.63, 3.8) is 0 Å². The number of hydrogen-bond acceptors (Lipinski definition) is 2. The lowest BCUT2D eigenvalue weighted by molar-refractivity contribution is 0.216. The number of amidine groups is 1. The van der Waals surface area contributed by atoms with Gasteiger partial charge in [0.25, 0.3) is 0 Å². The molecule has 0 N–H and O–H groups in total. The summed E-state index contributed by atoms with van der Waals surface area (Å²) in [5.74, 6) is 1.00. The van der Waals surface area contributed by atoms with Crippen molar-refractivity contribution in [2.24, 2.45) is 4.99 Å². The van der Waals surface area contributed by atoms with Gasteiger partial charge in [-0.1, -0.05) is 54.1 Å². The molecular weight excluding hydrogens is 294 g/mol. The molecule has 2 aromatic carbocycles. The average molecular weight is 314 g/mol. The van der Waals surface area contributed by atoms with Crippen molar-refractivity contribution in [3.8, 4) is 0 Å². The monoisotopic (exact) mass is 313 g/mol. The Labute approximate surface area is 136 Å². The van der Waals surface area contributed by atoms with Gasteiger partial charge < -0.3 is 9.80 Å². The third kappa shape index (κ3) is 3.49. The Kier molecular flexibility index (Phi) is 4.76. The molecule has 0 aromatic heterocycles. The van der Waals surface area contributed by atoms with Gasteiger partial charge in [0.2, 0.25) is 0 Å². The third-order valence-electron chi connectivity index (χ3n) is 3.91. The van der Waals surface area contributed by atoms with Crippen molar-refractivity contribution >= 4 is 23.1 Å². The highest BCUT2D eigenvalue weighted by Gasteiger charge is 2.19. The average Bonchev–Trinajstić information content (AvgIpc) is 2.56. The van der Waals surface area contributed by atoms with Crippen LogP contribution in [0.2, 0.25) is 5.02 Å². The first-order valence-corrected chi connectivity index (χ1v) is 7.94. The SMILES string of the molecule is CN1CCN(C(=Nc2ccccc2Cl)c2ccccc2)CC1. The summed E-state index contributed by atoms with van der Waals surface area (Å²) < 4.78 is 0. The van der Waals surface area contributed by atoms with Crippen LogP contribution in [0, 0.1) is 0 Å². The number of rotatable bonds is 2. The summed E-state index contributed by atoms with van der Waals surface area (Å²) in [7, 11) is 2.16. The maximum Gasteiger partial charge on any atom is 0.136 e. The van der Waals surface area contributed by atoms with Gasteiger partial charge in [-0.25, -0.2) is 4.99 Å². The molecule has 4 heteroatoms. The van der Waals surface area contributed by atoms with Gasteiger partial charge in [0, 0.05) is 31.7 Å². The van der Waals surface area contributed by atoms with E-state index in [1.54, 1.807) is 0 Å². The fraction of sp³-hybridized carbons (Fsp3) is 0.278. The standard InChI is InChI=1S/C18H20ClN3/c1-21-11-13-22(14-12-21)18(15-7-3-2-4-8-15)20-17-10-6-5-9-16(17)19/h2-10H,11-14H2,1H3. The van der Waals surface area contributed by atoms with Crippen LogP contribution in [-0.4, -0.2) is 48.9 Å². The van der Waals surface area contributed by atoms with Gasteiger partial charge in [0.05, 0.1) is 10.7 Å². The maximum atomic E-state index is 6.28. The normalized spacial score (nSPS) is 16.8. The predicted molar refractivity (Wildman–Crippen MR) is 93.2 cm³/mol. The summed E-state index contributed by atoms with van der Waals surface area (Å²) in [5.41, 5.74) is 1.95. The van der Waals surface area contributed by atoms with Crippen LogP contribution in [0.1, 0.15) is 5.56 Å². The molecule has 3 rings (SSSR count). The van der Waals surface area contributed by atoms with Crippen LogP contribution in [0.3, 0.4) is 0 Å². The number of halogens is 1. The smallest absolute Gasteiger partial charge is 0.136 e. The maximum absolute atomic E-state index is 6.28. The van der Waals surface area contributed by atoms with E-state index in [0.29, 0.717) is 5.02 Å². The van der Waals surface area contributed by atoms with Crippen molar-refractivity contribution in [1.29, 1.82) is 0 Å². The van der Waals surface area contributed by atoms with Gasteiger partial charge in [-0.05, 0) is 19.2 Å². The molecule has 0 aliphatic carbocycles. The third-order valence-corrected chi connectivity index (χ3v) is 4.23. The van der Waals surface area contributed by atoms with E-state index in [0.717, 1.165) is 43.3 Å². The fourth-order valence-electron chi connectivity index (χ4n) is 2.58. The number of hydrogen-bond donors (Lipinski definition) is 0. The van der Waals surface area contributed by atoms with Gasteiger partial charge in [-0.3, -0.25) is 0 Å². The molecule has 1 saturated heterocycles. The summed E-state index contributed by atoms with van der Waals surface area (Å²) >= 11 is 6.28. The molecule has 0 unspecified atom stereocenters. The molecule has 1 fully saturated rings. The first kappa shape index (κ1) is 15.1. The number of benzene rings is 2. The molecule has 0 radical (unpaired) electrons. The zero-order chi connectivity index (χ0) is 15.4. The molecule has 0 atom stereocenters. The number of likely N-dealkylation sites (N-methyl/N-ethyl adjacent to an activating group) is 1. The van der Waals surface area contributed by atoms with E-state index < -0.39 is 0 Å². The number of piperazine rings is 1. The van der Waals surface area contributed by atoms with Crippen LogP contribution >= 0.6 is 11.6 Å². The van der Waals surface area contributed by atoms with E-state index in [1.807, 2.05) is 42.5 Å². The molecule has 1 heterocycles. The van der Waals surface area contributed by atoms with Crippen LogP contribution in [-0.2, 0) is 0 Å². The minimum absolute atomic E-state index is 0.685. The molecule has 0 amide bonds. The minimum Gasteiger partial charge on any atom is -0.354 e. The van der Waals surface area contributed by atoms with E-state index in [4.69, 9.17) is 16.6 Å². The Morgan fingerprint density at radius 1 is 0.909 bits per heavy atom. The van der Waals surface area contributed by atoms with Gasteiger partial charge in [-0.2, -0.15) is 0 Å². The van der Waals surface area contributed by atoms with Crippen molar-refractivity contribution < 1.29 is 0 Å². The first-order valence-electron chi connectivity index (χ1n) is 7.56. The van der Waals surface area contributed by atoms with E-state index in [9.17, 15) is 0 Å². The summed E-state index contributed by atoms with van der Waals surface area (Å²) in [5, 5.41) is 0.685. The van der Waals surface area contributed by atoms with Crippen LogP contribution in [0.4, 0.5) is 5.69 Å². The summed E-state index contributed by atoms with van der Waals surface area (Å²) in [4.78, 5) is 9.56. The summed E-state index contributed by atoms with van der Waals surface area (Å²) in [6.45, 7) is 4.06. The van der Waals surface area contributed by atoms with Crippen LogP contribution in [0.5, 0.6) is 0 Å². The largest absolute Gasteiger partial charge is 0.354 e. The lowest BCUT2D eigenvalue weighted by Crippen LogP contribution is -2.47. The number of aliphatic imine (C=N–C) groups is 1. The molecule has 114 valence electrons. The Hall–Kier alpha value is -1.84. The molecule has 0 bridgehead atoms. The van der Waals surface area contributed by atoms with Crippen LogP contribution in [0.25, 0.3) is 0 Å². The summed E-state index contributed by atoms with van der Waals surface area (Å²) in [6, 6.07) is 18.1. The van der Waals surface area contributed by atoms with Crippen molar-refractivity contribution in [3.05, 3.63) is 65.2 Å². The van der Waals surface area contributed by atoms with E-state index >= 15 is 0 Å². The molecule has 0 spiro atoms. The van der Waals surface area contributed by atoms with E-state index in [-0.39, 0.29) is 0 Å². The van der Waals surface area contributed by atoms with Crippen molar-refractivity contribution in [2.45, 2.75) is 0 Å². The second-order valence-electron chi connectivity index (χ2n) is 5.54. The van der Waals surface area contributed by atoms with Crippen molar-refractivity contribution in [1.82, 2.24) is 9.80 Å². The van der Waals surface area contributed by atoms with Crippen LogP contribution in [0.15, 0.2) is 59.6 Å². The molecule has 22 heavy (non-hydrogen) atoms. The highest BCUT2D eigenvalue weighted by atomic mass is 35.5. The lowest BCUT2D eigenvalue weighted by Gasteiger charge is -2.34. The lowest BCUT2D eigenvalue weighted by atomic mass is 10.1. The van der Waals surface area contributed by atoms with Crippen molar-refractivity contribution in [2.75, 3.05) is 33.2 Å².